The van der Waals surface area contributed by atoms with Crippen molar-refractivity contribution in [2.75, 3.05) is 0 Å². The van der Waals surface area contributed by atoms with Crippen LogP contribution >= 0.6 is 23.2 Å². The molecule has 8 heteroatoms. The van der Waals surface area contributed by atoms with Gasteiger partial charge >= 0.3 is 0 Å². The number of aryl methyl sites for hydroxylation is 2. The predicted octanol–water partition coefficient (Wildman–Crippen LogP) is 4.02. The van der Waals surface area contributed by atoms with Crippen LogP contribution in [0.1, 0.15) is 21.6 Å². The number of rotatable bonds is 3. The van der Waals surface area contributed by atoms with Gasteiger partial charge in [0.15, 0.2) is 0 Å². The molecule has 0 spiro atoms. The summed E-state index contributed by atoms with van der Waals surface area (Å²) in [5.74, 6) is -0.897. The minimum atomic E-state index is -4.03. The molecule has 130 valence electrons. The molecule has 0 aliphatic rings. The van der Waals surface area contributed by atoms with Crippen molar-refractivity contribution in [3.8, 4) is 0 Å². The molecule has 3 rings (SSSR count). The Morgan fingerprint density at radius 3 is 2.20 bits per heavy atom. The summed E-state index contributed by atoms with van der Waals surface area (Å²) in [7, 11) is -4.03. The van der Waals surface area contributed by atoms with Gasteiger partial charge in [-0.3, -0.25) is 4.79 Å². The maximum absolute atomic E-state index is 13.2. The summed E-state index contributed by atoms with van der Waals surface area (Å²) < 4.78 is 26.5. The maximum atomic E-state index is 13.2. The van der Waals surface area contributed by atoms with Crippen molar-refractivity contribution >= 4 is 49.8 Å². The lowest BCUT2D eigenvalue weighted by atomic mass is 10.2. The first kappa shape index (κ1) is 17.8. The van der Waals surface area contributed by atoms with Crippen molar-refractivity contribution in [3.63, 3.8) is 0 Å². The molecule has 1 heterocycles. The number of carbonyl (C=O) groups excluding carboxylic acids is 1. The first-order valence-corrected chi connectivity index (χ1v) is 9.49. The average molecular weight is 397 g/mol. The average Bonchev–Trinajstić information content (AvgIpc) is 2.86. The number of hydrogen-bond donors (Lipinski definition) is 2. The van der Waals surface area contributed by atoms with E-state index in [0.29, 0.717) is 5.52 Å². The van der Waals surface area contributed by atoms with E-state index in [2.05, 4.69) is 4.98 Å². The number of amides is 1. The highest BCUT2D eigenvalue weighted by molar-refractivity contribution is 7.91. The minimum Gasteiger partial charge on any atom is -0.364 e. The lowest BCUT2D eigenvalue weighted by molar-refractivity contribution is 0.0993. The fourth-order valence-electron chi connectivity index (χ4n) is 2.85. The number of primary amides is 1. The van der Waals surface area contributed by atoms with E-state index in [9.17, 15) is 13.2 Å². The lowest BCUT2D eigenvalue weighted by Gasteiger charge is -2.08. The Morgan fingerprint density at radius 1 is 1.04 bits per heavy atom. The number of carbonyl (C=O) groups is 1. The van der Waals surface area contributed by atoms with Gasteiger partial charge in [-0.1, -0.05) is 29.3 Å². The van der Waals surface area contributed by atoms with Gasteiger partial charge in [-0.2, -0.15) is 0 Å². The van der Waals surface area contributed by atoms with E-state index < -0.39 is 15.7 Å². The van der Waals surface area contributed by atoms with Crippen LogP contribution in [0.15, 0.2) is 40.1 Å². The minimum absolute atomic E-state index is 0.0736. The molecule has 3 aromatic rings. The van der Waals surface area contributed by atoms with Crippen LogP contribution in [0.4, 0.5) is 0 Å². The summed E-state index contributed by atoms with van der Waals surface area (Å²) in [6.45, 7) is 3.59. The van der Waals surface area contributed by atoms with Crippen molar-refractivity contribution in [1.82, 2.24) is 4.98 Å². The third-order valence-corrected chi connectivity index (χ3v) is 6.13. The molecule has 0 bridgehead atoms. The van der Waals surface area contributed by atoms with E-state index in [0.717, 1.165) is 11.1 Å². The van der Waals surface area contributed by atoms with E-state index in [1.54, 1.807) is 13.8 Å². The molecule has 3 N–H and O–H groups in total. The number of halogens is 2. The number of nitrogens with one attached hydrogen (secondary N) is 1. The zero-order chi connectivity index (χ0) is 18.5. The number of aromatic amines is 1. The fraction of sp³-hybridized carbons (Fsp3) is 0.118. The zero-order valence-corrected chi connectivity index (χ0v) is 15.7. The number of benzene rings is 2. The highest BCUT2D eigenvalue weighted by Gasteiger charge is 2.30. The van der Waals surface area contributed by atoms with E-state index in [1.165, 1.54) is 24.3 Å². The lowest BCUT2D eigenvalue weighted by Crippen LogP contribution is -2.16. The van der Waals surface area contributed by atoms with Crippen molar-refractivity contribution in [2.24, 2.45) is 5.73 Å². The quantitative estimate of drug-likeness (QED) is 0.699. The van der Waals surface area contributed by atoms with Crippen LogP contribution in [0.25, 0.3) is 10.9 Å². The molecule has 2 aromatic carbocycles. The Balaban J connectivity index is 2.44. The standard InChI is InChI=1S/C17H14Cl2N2O3S/c1-8-3-9(2)5-11(4-8)25(23,24)16-12-6-10(18)7-13(19)14(12)21-15(16)17(20)22/h3-7,21H,1-2H3,(H2,20,22). The van der Waals surface area contributed by atoms with Crippen LogP contribution in [0, 0.1) is 13.8 Å². The first-order valence-electron chi connectivity index (χ1n) is 7.25. The van der Waals surface area contributed by atoms with Gasteiger partial charge in [0.2, 0.25) is 9.84 Å². The Hall–Kier alpha value is -2.02. The molecule has 0 aliphatic heterocycles. The van der Waals surface area contributed by atoms with Gasteiger partial charge < -0.3 is 10.7 Å². The normalized spacial score (nSPS) is 11.8. The second-order valence-corrected chi connectivity index (χ2v) is 8.56. The van der Waals surface area contributed by atoms with E-state index in [1.807, 2.05) is 6.07 Å². The first-order chi connectivity index (χ1) is 11.6. The molecular weight excluding hydrogens is 383 g/mol. The van der Waals surface area contributed by atoms with Crippen molar-refractivity contribution in [3.05, 3.63) is 57.2 Å². The highest BCUT2D eigenvalue weighted by Crippen LogP contribution is 2.37. The largest absolute Gasteiger partial charge is 0.364 e. The second-order valence-electron chi connectivity index (χ2n) is 5.83. The monoisotopic (exact) mass is 396 g/mol. The van der Waals surface area contributed by atoms with Crippen LogP contribution in [0.5, 0.6) is 0 Å². The van der Waals surface area contributed by atoms with Crippen LogP contribution in [-0.4, -0.2) is 19.3 Å². The number of nitrogens with two attached hydrogens (primary N) is 1. The topological polar surface area (TPSA) is 93.0 Å². The summed E-state index contributed by atoms with van der Waals surface area (Å²) in [6, 6.07) is 7.84. The summed E-state index contributed by atoms with van der Waals surface area (Å²) >= 11 is 12.2. The number of aromatic nitrogens is 1. The molecule has 0 saturated heterocycles. The third-order valence-electron chi connectivity index (χ3n) is 3.80. The Labute approximate surface area is 154 Å². The van der Waals surface area contributed by atoms with Gasteiger partial charge in [0.25, 0.3) is 5.91 Å². The SMILES string of the molecule is Cc1cc(C)cc(S(=O)(=O)c2c(C(N)=O)[nH]c3c(Cl)cc(Cl)cc23)c1. The van der Waals surface area contributed by atoms with E-state index >= 15 is 0 Å². The summed E-state index contributed by atoms with van der Waals surface area (Å²) in [5, 5.41) is 0.682. The van der Waals surface area contributed by atoms with Crippen LogP contribution in [0.2, 0.25) is 10.0 Å². The molecule has 0 atom stereocenters. The second kappa shape index (κ2) is 6.05. The van der Waals surface area contributed by atoms with E-state index in [4.69, 9.17) is 28.9 Å². The molecule has 5 nitrogen and oxygen atoms in total. The Kier molecular flexibility index (Phi) is 4.31. The number of sulfone groups is 1. The van der Waals surface area contributed by atoms with Crippen molar-refractivity contribution in [2.45, 2.75) is 23.6 Å². The number of hydrogen-bond acceptors (Lipinski definition) is 3. The Bertz CT molecular complexity index is 1110. The predicted molar refractivity (Wildman–Crippen MR) is 98.2 cm³/mol. The fourth-order valence-corrected chi connectivity index (χ4v) is 5.18. The molecule has 0 saturated carbocycles. The highest BCUT2D eigenvalue weighted by atomic mass is 35.5. The molecule has 0 radical (unpaired) electrons. The van der Waals surface area contributed by atoms with E-state index in [-0.39, 0.29) is 30.9 Å². The van der Waals surface area contributed by atoms with Gasteiger partial charge in [0, 0.05) is 10.4 Å². The number of H-pyrrole nitrogens is 1. The zero-order valence-electron chi connectivity index (χ0n) is 13.4. The molecule has 1 amide bonds. The smallest absolute Gasteiger partial charge is 0.266 e. The van der Waals surface area contributed by atoms with Crippen LogP contribution in [0.3, 0.4) is 0 Å². The van der Waals surface area contributed by atoms with Crippen molar-refractivity contribution < 1.29 is 13.2 Å². The number of fused-ring (bicyclic) bond motifs is 1. The maximum Gasteiger partial charge on any atom is 0.266 e. The molecule has 1 aromatic heterocycles. The van der Waals surface area contributed by atoms with Gasteiger partial charge in [0.1, 0.15) is 10.6 Å². The third kappa shape index (κ3) is 3.01. The summed E-state index contributed by atoms with van der Waals surface area (Å²) in [5.41, 5.74) is 7.04. The molecule has 25 heavy (non-hydrogen) atoms. The van der Waals surface area contributed by atoms with Crippen LogP contribution in [-0.2, 0) is 9.84 Å². The molecular formula is C17H14Cl2N2O3S. The molecule has 0 aliphatic carbocycles. The van der Waals surface area contributed by atoms with Gasteiger partial charge in [0.05, 0.1) is 15.4 Å². The summed E-state index contributed by atoms with van der Waals surface area (Å²) in [4.78, 5) is 14.4. The van der Waals surface area contributed by atoms with Crippen molar-refractivity contribution in [1.29, 1.82) is 0 Å². The van der Waals surface area contributed by atoms with Gasteiger partial charge in [-0.15, -0.1) is 0 Å². The van der Waals surface area contributed by atoms with Gasteiger partial charge in [-0.05, 0) is 49.2 Å². The summed E-state index contributed by atoms with van der Waals surface area (Å²) in [6.07, 6.45) is 0. The molecule has 0 unspecified atom stereocenters. The van der Waals surface area contributed by atoms with Gasteiger partial charge in [-0.25, -0.2) is 8.42 Å². The molecule has 0 fully saturated rings. The van der Waals surface area contributed by atoms with Crippen LogP contribution < -0.4 is 5.73 Å². The Morgan fingerprint density at radius 2 is 1.64 bits per heavy atom.